The van der Waals surface area contributed by atoms with Crippen molar-refractivity contribution in [1.29, 1.82) is 0 Å². The van der Waals surface area contributed by atoms with E-state index in [9.17, 15) is 0 Å². The second kappa shape index (κ2) is 5.65. The second-order valence-corrected chi connectivity index (χ2v) is 5.24. The number of rotatable bonds is 2. The van der Waals surface area contributed by atoms with Crippen LogP contribution in [0.3, 0.4) is 0 Å². The molecule has 3 rings (SSSR count). The van der Waals surface area contributed by atoms with Gasteiger partial charge in [0.25, 0.3) is 0 Å². The van der Waals surface area contributed by atoms with E-state index >= 15 is 0 Å². The SMILES string of the molecule is Clc1nc(NC2CCCCCC2)c2nccnc2n1. The third-order valence-corrected chi connectivity index (χ3v) is 3.67. The first-order valence-electron chi connectivity index (χ1n) is 6.74. The van der Waals surface area contributed by atoms with Crippen LogP contribution in [0.25, 0.3) is 11.2 Å². The van der Waals surface area contributed by atoms with E-state index in [1.807, 2.05) is 0 Å². The molecule has 0 bridgehead atoms. The monoisotopic (exact) mass is 277 g/mol. The molecule has 5 nitrogen and oxygen atoms in total. The number of nitrogens with one attached hydrogen (secondary N) is 1. The van der Waals surface area contributed by atoms with Crippen molar-refractivity contribution >= 4 is 28.6 Å². The molecule has 0 unspecified atom stereocenters. The largest absolute Gasteiger partial charge is 0.365 e. The molecule has 19 heavy (non-hydrogen) atoms. The lowest BCUT2D eigenvalue weighted by atomic mass is 10.1. The van der Waals surface area contributed by atoms with Crippen LogP contribution in [0.2, 0.25) is 5.28 Å². The minimum Gasteiger partial charge on any atom is -0.365 e. The van der Waals surface area contributed by atoms with Gasteiger partial charge in [-0.25, -0.2) is 9.97 Å². The van der Waals surface area contributed by atoms with Gasteiger partial charge in [-0.2, -0.15) is 9.97 Å². The molecule has 6 heteroatoms. The zero-order valence-corrected chi connectivity index (χ0v) is 11.4. The molecule has 2 aromatic heterocycles. The molecular weight excluding hydrogens is 262 g/mol. The molecule has 1 fully saturated rings. The van der Waals surface area contributed by atoms with Gasteiger partial charge in [-0.1, -0.05) is 25.7 Å². The fraction of sp³-hybridized carbons (Fsp3) is 0.538. The van der Waals surface area contributed by atoms with Gasteiger partial charge < -0.3 is 5.32 Å². The van der Waals surface area contributed by atoms with Crippen LogP contribution in [0.4, 0.5) is 5.82 Å². The van der Waals surface area contributed by atoms with Gasteiger partial charge >= 0.3 is 0 Å². The Morgan fingerprint density at radius 1 is 1.00 bits per heavy atom. The highest BCUT2D eigenvalue weighted by molar-refractivity contribution is 6.28. The van der Waals surface area contributed by atoms with Crippen LogP contribution in [0.1, 0.15) is 38.5 Å². The summed E-state index contributed by atoms with van der Waals surface area (Å²) in [5.74, 6) is 0.704. The van der Waals surface area contributed by atoms with E-state index in [4.69, 9.17) is 11.6 Å². The van der Waals surface area contributed by atoms with Crippen molar-refractivity contribution in [1.82, 2.24) is 19.9 Å². The molecule has 1 aliphatic carbocycles. The van der Waals surface area contributed by atoms with Gasteiger partial charge in [0.05, 0.1) is 0 Å². The van der Waals surface area contributed by atoms with Crippen LogP contribution in [0.15, 0.2) is 12.4 Å². The quantitative estimate of drug-likeness (QED) is 0.674. The summed E-state index contributed by atoms with van der Waals surface area (Å²) in [6, 6.07) is 0.443. The fourth-order valence-electron chi connectivity index (χ4n) is 2.55. The van der Waals surface area contributed by atoms with Gasteiger partial charge in [0.2, 0.25) is 5.28 Å². The van der Waals surface area contributed by atoms with Crippen LogP contribution in [0.5, 0.6) is 0 Å². The number of hydrogen-bond donors (Lipinski definition) is 1. The molecule has 2 aromatic rings. The molecule has 0 aromatic carbocycles. The number of nitrogens with zero attached hydrogens (tertiary/aromatic N) is 4. The van der Waals surface area contributed by atoms with Gasteiger partial charge in [-0.05, 0) is 24.4 Å². The Morgan fingerprint density at radius 2 is 1.74 bits per heavy atom. The topological polar surface area (TPSA) is 63.6 Å². The fourth-order valence-corrected chi connectivity index (χ4v) is 2.72. The summed E-state index contributed by atoms with van der Waals surface area (Å²) in [7, 11) is 0. The van der Waals surface area contributed by atoms with Crippen molar-refractivity contribution in [2.75, 3.05) is 5.32 Å². The minimum absolute atomic E-state index is 0.212. The normalized spacial score (nSPS) is 17.3. The average Bonchev–Trinajstić information content (AvgIpc) is 2.67. The average molecular weight is 278 g/mol. The van der Waals surface area contributed by atoms with Gasteiger partial charge in [-0.15, -0.1) is 0 Å². The third kappa shape index (κ3) is 2.92. The van der Waals surface area contributed by atoms with E-state index in [0.29, 0.717) is 23.0 Å². The number of fused-ring (bicyclic) bond motifs is 1. The molecule has 1 aliphatic rings. The lowest BCUT2D eigenvalue weighted by Crippen LogP contribution is -2.19. The molecule has 1 N–H and O–H groups in total. The van der Waals surface area contributed by atoms with Crippen molar-refractivity contribution in [3.05, 3.63) is 17.7 Å². The van der Waals surface area contributed by atoms with Crippen LogP contribution >= 0.6 is 11.6 Å². The Labute approximate surface area is 116 Å². The summed E-state index contributed by atoms with van der Waals surface area (Å²) in [6.07, 6.45) is 10.8. The highest BCUT2D eigenvalue weighted by Gasteiger charge is 2.15. The number of hydrogen-bond acceptors (Lipinski definition) is 5. The molecule has 0 saturated heterocycles. The van der Waals surface area contributed by atoms with Crippen molar-refractivity contribution in [3.8, 4) is 0 Å². The minimum atomic E-state index is 0.212. The summed E-state index contributed by atoms with van der Waals surface area (Å²) >= 11 is 5.94. The zero-order chi connectivity index (χ0) is 13.1. The van der Waals surface area contributed by atoms with Crippen LogP contribution in [-0.2, 0) is 0 Å². The van der Waals surface area contributed by atoms with Crippen molar-refractivity contribution in [3.63, 3.8) is 0 Å². The molecule has 0 radical (unpaired) electrons. The first kappa shape index (κ1) is 12.5. The first-order valence-corrected chi connectivity index (χ1v) is 7.11. The molecule has 0 spiro atoms. The van der Waals surface area contributed by atoms with Gasteiger partial charge in [0.15, 0.2) is 17.0 Å². The van der Waals surface area contributed by atoms with E-state index < -0.39 is 0 Å². The molecule has 2 heterocycles. The van der Waals surface area contributed by atoms with E-state index in [1.165, 1.54) is 38.5 Å². The second-order valence-electron chi connectivity index (χ2n) is 4.90. The predicted octanol–water partition coefficient (Wildman–Crippen LogP) is 3.21. The van der Waals surface area contributed by atoms with Gasteiger partial charge in [-0.3, -0.25) is 0 Å². The van der Waals surface area contributed by atoms with Crippen molar-refractivity contribution in [2.45, 2.75) is 44.6 Å². The van der Waals surface area contributed by atoms with Crippen molar-refractivity contribution < 1.29 is 0 Å². The molecule has 1 saturated carbocycles. The van der Waals surface area contributed by atoms with E-state index in [2.05, 4.69) is 25.3 Å². The highest BCUT2D eigenvalue weighted by Crippen LogP contribution is 2.24. The van der Waals surface area contributed by atoms with E-state index in [1.54, 1.807) is 12.4 Å². The maximum absolute atomic E-state index is 5.94. The van der Waals surface area contributed by atoms with E-state index in [-0.39, 0.29) is 5.28 Å². The highest BCUT2D eigenvalue weighted by atomic mass is 35.5. The summed E-state index contributed by atoms with van der Waals surface area (Å²) in [4.78, 5) is 16.8. The van der Waals surface area contributed by atoms with Gasteiger partial charge in [0, 0.05) is 18.4 Å². The standard InChI is InChI=1S/C13H16ClN5/c14-13-18-11-10(15-7-8-16-11)12(19-13)17-9-5-3-1-2-4-6-9/h7-9H,1-6H2,(H,16,17,18,19). The Kier molecular flexibility index (Phi) is 3.73. The zero-order valence-electron chi connectivity index (χ0n) is 10.6. The van der Waals surface area contributed by atoms with Crippen molar-refractivity contribution in [2.24, 2.45) is 0 Å². The molecule has 0 amide bonds. The van der Waals surface area contributed by atoms with E-state index in [0.717, 1.165) is 0 Å². The summed E-state index contributed by atoms with van der Waals surface area (Å²) in [5.41, 5.74) is 1.23. The smallest absolute Gasteiger partial charge is 0.226 e. The Bertz CT molecular complexity index is 566. The van der Waals surface area contributed by atoms with Crippen LogP contribution in [-0.4, -0.2) is 26.0 Å². The third-order valence-electron chi connectivity index (χ3n) is 3.50. The maximum atomic E-state index is 5.94. The Hall–Kier alpha value is -1.49. The summed E-state index contributed by atoms with van der Waals surface area (Å²) in [6.45, 7) is 0. The number of halogens is 1. The Balaban J connectivity index is 1.90. The lowest BCUT2D eigenvalue weighted by Gasteiger charge is -2.17. The molecule has 0 aliphatic heterocycles. The summed E-state index contributed by atoms with van der Waals surface area (Å²) in [5, 5.41) is 3.68. The summed E-state index contributed by atoms with van der Waals surface area (Å²) < 4.78 is 0. The van der Waals surface area contributed by atoms with Gasteiger partial charge in [0.1, 0.15) is 0 Å². The molecule has 0 atom stereocenters. The molecule has 100 valence electrons. The number of aromatic nitrogens is 4. The Morgan fingerprint density at radius 3 is 2.53 bits per heavy atom. The number of anilines is 1. The lowest BCUT2D eigenvalue weighted by molar-refractivity contribution is 0.618. The van der Waals surface area contributed by atoms with Crippen LogP contribution in [0, 0.1) is 0 Å². The molecular formula is C13H16ClN5. The predicted molar refractivity (Wildman–Crippen MR) is 75.3 cm³/mol. The maximum Gasteiger partial charge on any atom is 0.226 e. The first-order chi connectivity index (χ1) is 9.33. The van der Waals surface area contributed by atoms with Crippen LogP contribution < -0.4 is 5.32 Å².